The summed E-state index contributed by atoms with van der Waals surface area (Å²) < 4.78 is 14.5. The molecule has 3 rings (SSSR count). The van der Waals surface area contributed by atoms with Gasteiger partial charge >= 0.3 is 0 Å². The first-order valence-corrected chi connectivity index (χ1v) is 6.56. The van der Waals surface area contributed by atoms with Gasteiger partial charge in [0, 0.05) is 25.4 Å². The Morgan fingerprint density at radius 1 is 1.23 bits per heavy atom. The number of nitrogens with one attached hydrogen (secondary N) is 1. The van der Waals surface area contributed by atoms with Crippen molar-refractivity contribution in [3.63, 3.8) is 0 Å². The van der Waals surface area contributed by atoms with Crippen molar-refractivity contribution < 1.29 is 9.18 Å². The monoisotopic (exact) mass is 300 g/mol. The fourth-order valence-electron chi connectivity index (χ4n) is 1.90. The van der Waals surface area contributed by atoms with Crippen LogP contribution in [0.4, 0.5) is 4.39 Å². The number of amides is 1. The molecule has 0 saturated carbocycles. The Kier molecular flexibility index (Phi) is 3.65. The summed E-state index contributed by atoms with van der Waals surface area (Å²) in [6, 6.07) is 5.68. The number of carbonyl (C=O) groups excluding carboxylic acids is 1. The molecule has 3 aromatic rings. The van der Waals surface area contributed by atoms with Crippen LogP contribution in [0.25, 0.3) is 5.69 Å². The summed E-state index contributed by atoms with van der Waals surface area (Å²) in [6.45, 7) is 0.357. The Labute approximate surface area is 125 Å². The van der Waals surface area contributed by atoms with Crippen LogP contribution in [0.2, 0.25) is 0 Å². The molecule has 7 nitrogen and oxygen atoms in total. The van der Waals surface area contributed by atoms with Gasteiger partial charge in [-0.25, -0.2) is 4.39 Å². The molecule has 0 aliphatic carbocycles. The van der Waals surface area contributed by atoms with E-state index in [0.29, 0.717) is 12.2 Å². The van der Waals surface area contributed by atoms with E-state index < -0.39 is 0 Å². The number of aromatic nitrogens is 5. The second kappa shape index (κ2) is 5.76. The van der Waals surface area contributed by atoms with Gasteiger partial charge in [0.25, 0.3) is 5.91 Å². The largest absolute Gasteiger partial charge is 0.346 e. The van der Waals surface area contributed by atoms with E-state index in [2.05, 4.69) is 20.6 Å². The van der Waals surface area contributed by atoms with E-state index in [9.17, 15) is 9.18 Å². The van der Waals surface area contributed by atoms with E-state index in [1.54, 1.807) is 17.9 Å². The topological polar surface area (TPSA) is 77.6 Å². The Bertz CT molecular complexity index is 792. The summed E-state index contributed by atoms with van der Waals surface area (Å²) in [6.07, 6.45) is 4.85. The van der Waals surface area contributed by atoms with E-state index in [1.165, 1.54) is 35.3 Å². The van der Waals surface area contributed by atoms with E-state index in [1.807, 2.05) is 6.20 Å². The predicted molar refractivity (Wildman–Crippen MR) is 75.7 cm³/mol. The number of halogens is 1. The van der Waals surface area contributed by atoms with Crippen LogP contribution < -0.4 is 5.32 Å². The molecule has 0 spiro atoms. The average Bonchev–Trinajstić information content (AvgIpc) is 3.15. The van der Waals surface area contributed by atoms with Gasteiger partial charge in [-0.2, -0.15) is 15.0 Å². The van der Waals surface area contributed by atoms with Gasteiger partial charge in [-0.05, 0) is 24.3 Å². The number of carbonyl (C=O) groups is 1. The number of nitrogens with zero attached hydrogens (tertiary/aromatic N) is 5. The van der Waals surface area contributed by atoms with E-state index in [-0.39, 0.29) is 17.4 Å². The second-order valence-electron chi connectivity index (χ2n) is 4.70. The van der Waals surface area contributed by atoms with Crippen LogP contribution in [0.15, 0.2) is 42.9 Å². The lowest BCUT2D eigenvalue weighted by atomic mass is 10.3. The van der Waals surface area contributed by atoms with Crippen molar-refractivity contribution in [1.29, 1.82) is 0 Å². The Morgan fingerprint density at radius 2 is 2.00 bits per heavy atom. The lowest BCUT2D eigenvalue weighted by Crippen LogP contribution is -2.23. The van der Waals surface area contributed by atoms with Crippen LogP contribution in [-0.2, 0) is 13.6 Å². The molecule has 0 bridgehead atoms. The first kappa shape index (κ1) is 13.9. The van der Waals surface area contributed by atoms with Crippen molar-refractivity contribution in [3.05, 3.63) is 59.9 Å². The summed E-state index contributed by atoms with van der Waals surface area (Å²) in [5.74, 6) is -0.678. The van der Waals surface area contributed by atoms with Gasteiger partial charge in [0.1, 0.15) is 5.82 Å². The second-order valence-corrected chi connectivity index (χ2v) is 4.70. The van der Waals surface area contributed by atoms with Crippen LogP contribution in [0.1, 0.15) is 16.1 Å². The van der Waals surface area contributed by atoms with Gasteiger partial charge in [-0.1, -0.05) is 0 Å². The summed E-state index contributed by atoms with van der Waals surface area (Å²) in [5.41, 5.74) is 1.66. The van der Waals surface area contributed by atoms with Crippen LogP contribution in [-0.4, -0.2) is 30.7 Å². The van der Waals surface area contributed by atoms with Crippen molar-refractivity contribution in [2.75, 3.05) is 0 Å². The highest BCUT2D eigenvalue weighted by Crippen LogP contribution is 2.07. The van der Waals surface area contributed by atoms with Crippen LogP contribution in [0.3, 0.4) is 0 Å². The van der Waals surface area contributed by atoms with Crippen molar-refractivity contribution in [1.82, 2.24) is 30.1 Å². The van der Waals surface area contributed by atoms with Gasteiger partial charge in [0.2, 0.25) is 0 Å². The normalized spacial score (nSPS) is 10.6. The SMILES string of the molecule is Cn1cc(CNC(=O)c2cnn(-c3ccc(F)cc3)n2)cn1. The molecule has 22 heavy (non-hydrogen) atoms. The lowest BCUT2D eigenvalue weighted by molar-refractivity contribution is 0.0945. The highest BCUT2D eigenvalue weighted by Gasteiger charge is 2.11. The molecule has 0 radical (unpaired) electrons. The predicted octanol–water partition coefficient (Wildman–Crippen LogP) is 1.07. The molecular formula is C14H13FN6O. The summed E-state index contributed by atoms with van der Waals surface area (Å²) >= 11 is 0. The fraction of sp³-hybridized carbons (Fsp3) is 0.143. The summed E-state index contributed by atoms with van der Waals surface area (Å²) in [4.78, 5) is 13.3. The zero-order valence-corrected chi connectivity index (χ0v) is 11.8. The molecule has 1 N–H and O–H groups in total. The summed E-state index contributed by atoms with van der Waals surface area (Å²) in [5, 5.41) is 14.8. The standard InChI is InChI=1S/C14H13FN6O/c1-20-9-10(7-17-20)6-16-14(22)13-8-18-21(19-13)12-4-2-11(15)3-5-12/h2-5,7-9H,6H2,1H3,(H,16,22). The molecule has 0 unspecified atom stereocenters. The molecule has 0 saturated heterocycles. The molecule has 112 valence electrons. The smallest absolute Gasteiger partial charge is 0.273 e. The maximum Gasteiger partial charge on any atom is 0.273 e. The maximum absolute atomic E-state index is 12.9. The minimum atomic E-state index is -0.342. The third-order valence-corrected chi connectivity index (χ3v) is 2.99. The average molecular weight is 300 g/mol. The number of aryl methyl sites for hydroxylation is 1. The number of benzene rings is 1. The van der Waals surface area contributed by atoms with E-state index in [0.717, 1.165) is 5.56 Å². The number of hydrogen-bond donors (Lipinski definition) is 1. The summed E-state index contributed by atoms with van der Waals surface area (Å²) in [7, 11) is 1.81. The van der Waals surface area contributed by atoms with Gasteiger partial charge in [0.05, 0.1) is 18.1 Å². The number of rotatable bonds is 4. The van der Waals surface area contributed by atoms with Gasteiger partial charge < -0.3 is 5.32 Å². The van der Waals surface area contributed by atoms with Crippen LogP contribution in [0, 0.1) is 5.82 Å². The lowest BCUT2D eigenvalue weighted by Gasteiger charge is -2.00. The first-order valence-electron chi connectivity index (χ1n) is 6.56. The van der Waals surface area contributed by atoms with Crippen molar-refractivity contribution in [2.24, 2.45) is 7.05 Å². The van der Waals surface area contributed by atoms with Crippen molar-refractivity contribution >= 4 is 5.91 Å². The van der Waals surface area contributed by atoms with Crippen molar-refractivity contribution in [3.8, 4) is 5.69 Å². The molecule has 0 aliphatic rings. The van der Waals surface area contributed by atoms with Crippen LogP contribution >= 0.6 is 0 Å². The zero-order valence-electron chi connectivity index (χ0n) is 11.8. The molecular weight excluding hydrogens is 287 g/mol. The maximum atomic E-state index is 12.9. The van der Waals surface area contributed by atoms with Gasteiger partial charge in [0.15, 0.2) is 5.69 Å². The zero-order chi connectivity index (χ0) is 15.5. The number of hydrogen-bond acceptors (Lipinski definition) is 4. The van der Waals surface area contributed by atoms with Crippen molar-refractivity contribution in [2.45, 2.75) is 6.54 Å². The fourth-order valence-corrected chi connectivity index (χ4v) is 1.90. The Balaban J connectivity index is 1.67. The van der Waals surface area contributed by atoms with E-state index in [4.69, 9.17) is 0 Å². The van der Waals surface area contributed by atoms with Gasteiger partial charge in [-0.15, -0.1) is 5.10 Å². The molecule has 2 aromatic heterocycles. The highest BCUT2D eigenvalue weighted by molar-refractivity contribution is 5.91. The minimum absolute atomic E-state index is 0.188. The molecule has 0 fully saturated rings. The molecule has 1 amide bonds. The quantitative estimate of drug-likeness (QED) is 0.782. The Morgan fingerprint density at radius 3 is 2.68 bits per heavy atom. The first-order chi connectivity index (χ1) is 10.6. The third-order valence-electron chi connectivity index (χ3n) is 2.99. The Hall–Kier alpha value is -3.03. The molecule has 8 heteroatoms. The van der Waals surface area contributed by atoms with Gasteiger partial charge in [-0.3, -0.25) is 9.48 Å². The molecule has 1 aromatic carbocycles. The molecule has 0 aliphatic heterocycles. The third kappa shape index (κ3) is 3.00. The molecule has 2 heterocycles. The van der Waals surface area contributed by atoms with E-state index >= 15 is 0 Å². The van der Waals surface area contributed by atoms with Crippen LogP contribution in [0.5, 0.6) is 0 Å². The molecule has 0 atom stereocenters. The highest BCUT2D eigenvalue weighted by atomic mass is 19.1. The minimum Gasteiger partial charge on any atom is -0.346 e.